The summed E-state index contributed by atoms with van der Waals surface area (Å²) >= 11 is 0. The molecule has 4 aliphatic carbocycles. The van der Waals surface area contributed by atoms with Crippen LogP contribution in [0.4, 0.5) is 0 Å². The van der Waals surface area contributed by atoms with Crippen LogP contribution in [0, 0.1) is 22.7 Å². The molecule has 0 amide bonds. The maximum atomic E-state index is 9.38. The average molecular weight is 318 g/mol. The third-order valence-electron chi connectivity index (χ3n) is 7.62. The fraction of sp³-hybridized carbons (Fsp3) is 0.800. The molecule has 128 valence electrons. The second kappa shape index (κ2) is 5.35. The molecule has 0 aliphatic heterocycles. The van der Waals surface area contributed by atoms with Crippen molar-refractivity contribution in [3.8, 4) is 0 Å². The Morgan fingerprint density at radius 1 is 1.13 bits per heavy atom. The number of hydrogen-bond acceptors (Lipinski definition) is 3. The first kappa shape index (κ1) is 15.7. The van der Waals surface area contributed by atoms with E-state index < -0.39 is 6.48 Å². The molecule has 3 nitrogen and oxygen atoms in total. The van der Waals surface area contributed by atoms with Crippen LogP contribution in [0.15, 0.2) is 23.0 Å². The molecule has 2 N–H and O–H groups in total. The van der Waals surface area contributed by atoms with E-state index in [-0.39, 0.29) is 5.41 Å². The van der Waals surface area contributed by atoms with E-state index in [1.54, 1.807) is 11.1 Å². The largest absolute Gasteiger partial charge is 0.446 e. The van der Waals surface area contributed by atoms with E-state index in [1.165, 1.54) is 51.4 Å². The Bertz CT molecular complexity index is 561. The second-order valence-electron chi connectivity index (χ2n) is 8.62. The van der Waals surface area contributed by atoms with Crippen molar-refractivity contribution in [2.24, 2.45) is 22.7 Å². The number of rotatable bonds is 2. The van der Waals surface area contributed by atoms with Crippen LogP contribution in [0.5, 0.6) is 0 Å². The normalized spacial score (nSPS) is 42.9. The molecule has 0 unspecified atom stereocenters. The summed E-state index contributed by atoms with van der Waals surface area (Å²) in [5.41, 5.74) is 3.86. The monoisotopic (exact) mass is 318 g/mol. The number of fused-ring (bicyclic) bond motifs is 4. The lowest BCUT2D eigenvalue weighted by Crippen LogP contribution is -2.47. The predicted molar refractivity (Wildman–Crippen MR) is 89.2 cm³/mol. The maximum Gasteiger partial charge on any atom is 0.310 e. The van der Waals surface area contributed by atoms with Gasteiger partial charge in [0.1, 0.15) is 5.76 Å². The highest BCUT2D eigenvalue weighted by Gasteiger charge is 2.54. The van der Waals surface area contributed by atoms with Crippen molar-refractivity contribution in [3.05, 3.63) is 23.0 Å². The predicted octanol–water partition coefficient (Wildman–Crippen LogP) is 4.26. The molecule has 0 aromatic rings. The number of allylic oxidation sites excluding steroid dienone is 4. The molecule has 0 spiro atoms. The van der Waals surface area contributed by atoms with Gasteiger partial charge in [-0.1, -0.05) is 25.0 Å². The highest BCUT2D eigenvalue weighted by molar-refractivity contribution is 5.36. The third-order valence-corrected chi connectivity index (χ3v) is 7.62. The summed E-state index contributed by atoms with van der Waals surface area (Å²) in [7, 11) is 0. The highest BCUT2D eigenvalue weighted by atomic mass is 16.7. The van der Waals surface area contributed by atoms with Gasteiger partial charge in [-0.2, -0.15) is 0 Å². The molecule has 4 aliphatic rings. The van der Waals surface area contributed by atoms with Crippen LogP contribution in [-0.2, 0) is 4.74 Å². The Morgan fingerprint density at radius 3 is 2.74 bits per heavy atom. The molecule has 0 bridgehead atoms. The lowest BCUT2D eigenvalue weighted by Gasteiger charge is -2.55. The SMILES string of the molecule is C[C@@]12CCCC1=C1CC[C@@H]3CCC=C(OC(O)O)[C@]3(C)[C@H]1CC2. The van der Waals surface area contributed by atoms with E-state index in [2.05, 4.69) is 19.9 Å². The Hall–Kier alpha value is -0.800. The van der Waals surface area contributed by atoms with Gasteiger partial charge < -0.3 is 14.9 Å². The molecule has 4 atom stereocenters. The van der Waals surface area contributed by atoms with E-state index >= 15 is 0 Å². The van der Waals surface area contributed by atoms with Crippen molar-refractivity contribution >= 4 is 0 Å². The molecule has 0 aromatic carbocycles. The van der Waals surface area contributed by atoms with Gasteiger partial charge in [0.05, 0.1) is 0 Å². The molecule has 3 heteroatoms. The Kier molecular flexibility index (Phi) is 3.66. The molecule has 2 saturated carbocycles. The summed E-state index contributed by atoms with van der Waals surface area (Å²) in [5, 5.41) is 18.8. The zero-order valence-corrected chi connectivity index (χ0v) is 14.5. The number of aliphatic hydroxyl groups excluding tert-OH is 1. The van der Waals surface area contributed by atoms with Crippen LogP contribution in [0.25, 0.3) is 0 Å². The molecule has 2 fully saturated rings. The van der Waals surface area contributed by atoms with Gasteiger partial charge in [-0.25, -0.2) is 0 Å². The molecular formula is C20H30O3. The molecule has 0 aromatic heterocycles. The van der Waals surface area contributed by atoms with Crippen molar-refractivity contribution in [1.29, 1.82) is 0 Å². The lowest BCUT2D eigenvalue weighted by molar-refractivity contribution is -0.227. The van der Waals surface area contributed by atoms with E-state index in [1.807, 2.05) is 0 Å². The maximum absolute atomic E-state index is 9.38. The van der Waals surface area contributed by atoms with E-state index in [0.29, 0.717) is 17.3 Å². The van der Waals surface area contributed by atoms with Crippen LogP contribution in [0.3, 0.4) is 0 Å². The third kappa shape index (κ3) is 2.23. The van der Waals surface area contributed by atoms with Crippen molar-refractivity contribution in [2.45, 2.75) is 78.1 Å². The Balaban J connectivity index is 1.77. The minimum Gasteiger partial charge on any atom is -0.446 e. The van der Waals surface area contributed by atoms with E-state index in [0.717, 1.165) is 12.2 Å². The summed E-state index contributed by atoms with van der Waals surface area (Å²) in [6.45, 7) is 3.10. The van der Waals surface area contributed by atoms with Gasteiger partial charge in [-0.15, -0.1) is 0 Å². The fourth-order valence-corrected chi connectivity index (χ4v) is 6.42. The zero-order chi connectivity index (χ0) is 16.2. The van der Waals surface area contributed by atoms with Crippen molar-refractivity contribution in [1.82, 2.24) is 0 Å². The fourth-order valence-electron chi connectivity index (χ4n) is 6.42. The first-order chi connectivity index (χ1) is 10.9. The summed E-state index contributed by atoms with van der Waals surface area (Å²) < 4.78 is 5.50. The Morgan fingerprint density at radius 2 is 1.96 bits per heavy atom. The quantitative estimate of drug-likeness (QED) is 0.591. The van der Waals surface area contributed by atoms with Crippen LogP contribution >= 0.6 is 0 Å². The topological polar surface area (TPSA) is 49.7 Å². The molecule has 0 saturated heterocycles. The first-order valence-electron chi connectivity index (χ1n) is 9.41. The Labute approximate surface area is 139 Å². The van der Waals surface area contributed by atoms with Gasteiger partial charge in [0.15, 0.2) is 0 Å². The number of aliphatic hydroxyl groups is 2. The molecule has 23 heavy (non-hydrogen) atoms. The van der Waals surface area contributed by atoms with Crippen LogP contribution in [-0.4, -0.2) is 16.7 Å². The van der Waals surface area contributed by atoms with Gasteiger partial charge >= 0.3 is 6.48 Å². The summed E-state index contributed by atoms with van der Waals surface area (Å²) in [6.07, 6.45) is 13.3. The summed E-state index contributed by atoms with van der Waals surface area (Å²) in [6, 6.07) is 0. The van der Waals surface area contributed by atoms with Crippen molar-refractivity contribution < 1.29 is 14.9 Å². The van der Waals surface area contributed by atoms with Gasteiger partial charge in [0, 0.05) is 5.41 Å². The minimum absolute atomic E-state index is 0.0491. The van der Waals surface area contributed by atoms with Gasteiger partial charge in [-0.05, 0) is 81.1 Å². The highest BCUT2D eigenvalue weighted by Crippen LogP contribution is 2.64. The summed E-state index contributed by atoms with van der Waals surface area (Å²) in [5.74, 6) is 1.99. The zero-order valence-electron chi connectivity index (χ0n) is 14.5. The lowest BCUT2D eigenvalue weighted by atomic mass is 9.51. The average Bonchev–Trinajstić information content (AvgIpc) is 2.89. The standard InChI is InChI=1S/C20H30O3/c1-19-11-4-6-15(19)14-9-8-13-5-3-7-17(23-18(21)22)20(13,2)16(14)10-12-19/h7,13,16,18,21-22H,3-6,8-12H2,1-2H3/t13-,16-,19-,20-/m0/s1. The van der Waals surface area contributed by atoms with Crippen molar-refractivity contribution in [3.63, 3.8) is 0 Å². The molecule has 0 heterocycles. The van der Waals surface area contributed by atoms with Gasteiger partial charge in [0.2, 0.25) is 0 Å². The first-order valence-corrected chi connectivity index (χ1v) is 9.41. The van der Waals surface area contributed by atoms with Crippen LogP contribution in [0.2, 0.25) is 0 Å². The second-order valence-corrected chi connectivity index (χ2v) is 8.62. The molecular weight excluding hydrogens is 288 g/mol. The van der Waals surface area contributed by atoms with Crippen LogP contribution in [0.1, 0.15) is 71.6 Å². The molecule has 4 rings (SSSR count). The minimum atomic E-state index is -1.70. The van der Waals surface area contributed by atoms with Crippen molar-refractivity contribution in [2.75, 3.05) is 0 Å². The smallest absolute Gasteiger partial charge is 0.310 e. The number of hydrogen-bond donors (Lipinski definition) is 2. The van der Waals surface area contributed by atoms with E-state index in [4.69, 9.17) is 4.74 Å². The van der Waals surface area contributed by atoms with Crippen LogP contribution < -0.4 is 0 Å². The molecule has 0 radical (unpaired) electrons. The summed E-state index contributed by atoms with van der Waals surface area (Å²) in [4.78, 5) is 0. The van der Waals surface area contributed by atoms with E-state index in [9.17, 15) is 10.2 Å². The van der Waals surface area contributed by atoms with Gasteiger partial charge in [0.25, 0.3) is 0 Å². The number of ether oxygens (including phenoxy) is 1. The van der Waals surface area contributed by atoms with Gasteiger partial charge in [-0.3, -0.25) is 0 Å².